The maximum absolute atomic E-state index is 5.57. The lowest BCUT2D eigenvalue weighted by atomic mass is 10.3. The Morgan fingerprint density at radius 1 is 1.22 bits per heavy atom. The number of hydrogen-bond donors (Lipinski definition) is 1. The molecule has 0 aromatic carbocycles. The van der Waals surface area contributed by atoms with Crippen molar-refractivity contribution in [1.82, 2.24) is 9.55 Å². The Hall–Kier alpha value is -1.03. The molecular weight excluding hydrogens is 226 g/mol. The van der Waals surface area contributed by atoms with Gasteiger partial charge >= 0.3 is 0 Å². The van der Waals surface area contributed by atoms with Gasteiger partial charge in [0, 0.05) is 32.5 Å². The second-order valence-corrected chi connectivity index (χ2v) is 4.65. The van der Waals surface area contributed by atoms with E-state index in [-0.39, 0.29) is 0 Å². The van der Waals surface area contributed by atoms with Crippen LogP contribution >= 0.6 is 0 Å². The van der Waals surface area contributed by atoms with Gasteiger partial charge in [0.2, 0.25) is 5.95 Å². The topological polar surface area (TPSA) is 39.1 Å². The van der Waals surface area contributed by atoms with Gasteiger partial charge in [-0.1, -0.05) is 20.3 Å². The highest BCUT2D eigenvalue weighted by molar-refractivity contribution is 5.28. The second kappa shape index (κ2) is 8.97. The molecule has 0 saturated carbocycles. The van der Waals surface area contributed by atoms with Crippen molar-refractivity contribution in [3.05, 3.63) is 11.9 Å². The van der Waals surface area contributed by atoms with E-state index in [4.69, 9.17) is 4.74 Å². The molecule has 0 aliphatic heterocycles. The maximum Gasteiger partial charge on any atom is 0.203 e. The molecule has 1 aromatic heterocycles. The summed E-state index contributed by atoms with van der Waals surface area (Å²) in [5.41, 5.74) is 1.07. The van der Waals surface area contributed by atoms with Gasteiger partial charge in [0.25, 0.3) is 0 Å². The molecule has 0 saturated heterocycles. The first kappa shape index (κ1) is 15.0. The first-order valence-corrected chi connectivity index (χ1v) is 7.13. The number of unbranched alkanes of at least 4 members (excludes halogenated alkanes) is 1. The van der Waals surface area contributed by atoms with Crippen molar-refractivity contribution in [1.29, 1.82) is 0 Å². The fourth-order valence-corrected chi connectivity index (χ4v) is 1.78. The van der Waals surface area contributed by atoms with Crippen LogP contribution < -0.4 is 5.32 Å². The van der Waals surface area contributed by atoms with Gasteiger partial charge in [0.1, 0.15) is 0 Å². The third kappa shape index (κ3) is 5.54. The van der Waals surface area contributed by atoms with Crippen molar-refractivity contribution in [2.24, 2.45) is 0 Å². The zero-order valence-electron chi connectivity index (χ0n) is 12.0. The molecule has 0 unspecified atom stereocenters. The molecule has 1 N–H and O–H groups in total. The minimum Gasteiger partial charge on any atom is -0.381 e. The molecule has 1 aromatic rings. The van der Waals surface area contributed by atoms with E-state index < -0.39 is 0 Å². The molecule has 4 heteroatoms. The van der Waals surface area contributed by atoms with E-state index in [2.05, 4.69) is 34.9 Å². The first-order chi connectivity index (χ1) is 8.77. The van der Waals surface area contributed by atoms with Crippen LogP contribution in [0.15, 0.2) is 6.20 Å². The van der Waals surface area contributed by atoms with Gasteiger partial charge in [-0.2, -0.15) is 0 Å². The summed E-state index contributed by atoms with van der Waals surface area (Å²) in [5, 5.41) is 3.36. The number of ether oxygens (including phenoxy) is 1. The molecule has 0 amide bonds. The van der Waals surface area contributed by atoms with Crippen LogP contribution in [0.4, 0.5) is 5.95 Å². The molecule has 0 aliphatic rings. The van der Waals surface area contributed by atoms with Crippen LogP contribution in [0.5, 0.6) is 0 Å². The molecular formula is C14H27N3O. The highest BCUT2D eigenvalue weighted by Gasteiger charge is 2.04. The number of aryl methyl sites for hydroxylation is 2. The highest BCUT2D eigenvalue weighted by atomic mass is 16.5. The molecule has 0 spiro atoms. The van der Waals surface area contributed by atoms with Crippen LogP contribution in [0, 0.1) is 6.92 Å². The van der Waals surface area contributed by atoms with E-state index >= 15 is 0 Å². The van der Waals surface area contributed by atoms with Crippen molar-refractivity contribution in [3.63, 3.8) is 0 Å². The zero-order valence-corrected chi connectivity index (χ0v) is 12.0. The number of anilines is 1. The largest absolute Gasteiger partial charge is 0.381 e. The maximum atomic E-state index is 5.57. The quantitative estimate of drug-likeness (QED) is 0.651. The third-order valence-corrected chi connectivity index (χ3v) is 2.76. The normalized spacial score (nSPS) is 10.8. The minimum absolute atomic E-state index is 0.838. The van der Waals surface area contributed by atoms with Crippen LogP contribution in [0.25, 0.3) is 0 Å². The van der Waals surface area contributed by atoms with Crippen LogP contribution in [-0.2, 0) is 11.3 Å². The van der Waals surface area contributed by atoms with E-state index in [0.717, 1.165) is 57.2 Å². The summed E-state index contributed by atoms with van der Waals surface area (Å²) in [6.45, 7) is 10.1. The van der Waals surface area contributed by atoms with Gasteiger partial charge in [-0.15, -0.1) is 0 Å². The molecule has 1 rings (SSSR count). The second-order valence-electron chi connectivity index (χ2n) is 4.65. The lowest BCUT2D eigenvalue weighted by Gasteiger charge is -2.09. The van der Waals surface area contributed by atoms with E-state index in [0.29, 0.717) is 0 Å². The third-order valence-electron chi connectivity index (χ3n) is 2.76. The summed E-state index contributed by atoms with van der Waals surface area (Å²) in [4.78, 5) is 4.49. The molecule has 0 radical (unpaired) electrons. The predicted molar refractivity (Wildman–Crippen MR) is 76.1 cm³/mol. The Bertz CT molecular complexity index is 323. The number of nitrogens with one attached hydrogen (secondary N) is 1. The molecule has 104 valence electrons. The van der Waals surface area contributed by atoms with Crippen LogP contribution in [-0.4, -0.2) is 29.3 Å². The number of nitrogens with zero attached hydrogens (tertiary/aromatic N) is 2. The Kier molecular flexibility index (Phi) is 7.49. The highest BCUT2D eigenvalue weighted by Crippen LogP contribution is 2.09. The van der Waals surface area contributed by atoms with Gasteiger partial charge in [-0.05, 0) is 26.2 Å². The lowest BCUT2D eigenvalue weighted by Crippen LogP contribution is -2.09. The smallest absolute Gasteiger partial charge is 0.203 e. The lowest BCUT2D eigenvalue weighted by molar-refractivity contribution is 0.126. The summed E-state index contributed by atoms with van der Waals surface area (Å²) < 4.78 is 7.76. The van der Waals surface area contributed by atoms with Crippen molar-refractivity contribution >= 4 is 5.95 Å². The average molecular weight is 253 g/mol. The van der Waals surface area contributed by atoms with Crippen LogP contribution in [0.3, 0.4) is 0 Å². The number of imidazole rings is 1. The fourth-order valence-electron chi connectivity index (χ4n) is 1.78. The Morgan fingerprint density at radius 3 is 2.72 bits per heavy atom. The fraction of sp³-hybridized carbons (Fsp3) is 0.786. The molecule has 0 bridgehead atoms. The van der Waals surface area contributed by atoms with E-state index in [1.165, 1.54) is 6.42 Å². The average Bonchev–Trinajstić information content (AvgIpc) is 2.71. The van der Waals surface area contributed by atoms with Crippen LogP contribution in [0.1, 0.15) is 45.2 Å². The predicted octanol–water partition coefficient (Wildman–Crippen LogP) is 3.22. The monoisotopic (exact) mass is 253 g/mol. The van der Waals surface area contributed by atoms with E-state index in [1.54, 1.807) is 0 Å². The Balaban J connectivity index is 2.27. The molecule has 1 heterocycles. The molecule has 0 aliphatic carbocycles. The van der Waals surface area contributed by atoms with Crippen molar-refractivity contribution in [2.45, 2.75) is 53.0 Å². The van der Waals surface area contributed by atoms with Gasteiger partial charge in [0.05, 0.1) is 5.69 Å². The standard InChI is InChI=1S/C14H27N3O/c1-4-6-10-18-11-7-9-17-12-13(3)16-14(17)15-8-5-2/h12H,4-11H2,1-3H3,(H,15,16). The molecule has 4 nitrogen and oxygen atoms in total. The van der Waals surface area contributed by atoms with Gasteiger partial charge in [0.15, 0.2) is 0 Å². The summed E-state index contributed by atoms with van der Waals surface area (Å²) in [5.74, 6) is 0.989. The first-order valence-electron chi connectivity index (χ1n) is 7.13. The van der Waals surface area contributed by atoms with Gasteiger partial charge in [-0.3, -0.25) is 0 Å². The number of rotatable bonds is 10. The molecule has 0 atom stereocenters. The van der Waals surface area contributed by atoms with Gasteiger partial charge < -0.3 is 14.6 Å². The summed E-state index contributed by atoms with van der Waals surface area (Å²) >= 11 is 0. The molecule has 18 heavy (non-hydrogen) atoms. The SMILES string of the molecule is CCCCOCCCn1cc(C)nc1NCCC. The minimum atomic E-state index is 0.838. The van der Waals surface area contributed by atoms with E-state index in [9.17, 15) is 0 Å². The van der Waals surface area contributed by atoms with Crippen molar-refractivity contribution in [3.8, 4) is 0 Å². The van der Waals surface area contributed by atoms with E-state index in [1.807, 2.05) is 6.92 Å². The summed E-state index contributed by atoms with van der Waals surface area (Å²) in [6, 6.07) is 0. The number of hydrogen-bond acceptors (Lipinski definition) is 3. The zero-order chi connectivity index (χ0) is 13.2. The Labute approximate surface area is 111 Å². The van der Waals surface area contributed by atoms with Crippen molar-refractivity contribution in [2.75, 3.05) is 25.1 Å². The van der Waals surface area contributed by atoms with Crippen LogP contribution in [0.2, 0.25) is 0 Å². The number of aromatic nitrogens is 2. The van der Waals surface area contributed by atoms with Gasteiger partial charge in [-0.25, -0.2) is 4.98 Å². The summed E-state index contributed by atoms with van der Waals surface area (Å²) in [6.07, 6.45) is 6.62. The summed E-state index contributed by atoms with van der Waals surface area (Å²) in [7, 11) is 0. The Morgan fingerprint density at radius 2 is 2.00 bits per heavy atom. The molecule has 0 fully saturated rings. The van der Waals surface area contributed by atoms with Crippen molar-refractivity contribution < 1.29 is 4.74 Å².